The number of benzene rings is 2. The van der Waals surface area contributed by atoms with Crippen molar-refractivity contribution in [3.8, 4) is 0 Å². The summed E-state index contributed by atoms with van der Waals surface area (Å²) in [5.74, 6) is -0.336. The molecule has 1 aliphatic rings. The summed E-state index contributed by atoms with van der Waals surface area (Å²) in [6.07, 6.45) is 2.21. The Hall–Kier alpha value is -2.35. The smallest absolute Gasteiger partial charge is 0.247 e. The van der Waals surface area contributed by atoms with Crippen LogP contribution < -0.4 is 20.7 Å². The predicted octanol–water partition coefficient (Wildman–Crippen LogP) is 3.50. The molecule has 166 valence electrons. The highest BCUT2D eigenvalue weighted by Crippen LogP contribution is 2.21. The maximum absolute atomic E-state index is 13.0. The van der Waals surface area contributed by atoms with E-state index in [0.717, 1.165) is 29.8 Å². The molecule has 0 bridgehead atoms. The van der Waals surface area contributed by atoms with E-state index in [1.165, 1.54) is 0 Å². The third kappa shape index (κ3) is 7.69. The number of hydrogen-bond acceptors (Lipinski definition) is 5. The van der Waals surface area contributed by atoms with E-state index in [9.17, 15) is 9.59 Å². The maximum atomic E-state index is 13.0. The van der Waals surface area contributed by atoms with E-state index in [1.807, 2.05) is 54.6 Å². The first-order chi connectivity index (χ1) is 14.8. The zero-order valence-corrected chi connectivity index (χ0v) is 19.2. The lowest BCUT2D eigenvalue weighted by molar-refractivity contribution is -0.127. The van der Waals surface area contributed by atoms with Crippen molar-refractivity contribution in [3.63, 3.8) is 0 Å². The van der Waals surface area contributed by atoms with Crippen molar-refractivity contribution in [3.05, 3.63) is 60.2 Å². The van der Waals surface area contributed by atoms with Crippen molar-refractivity contribution in [2.24, 2.45) is 0 Å². The zero-order chi connectivity index (χ0) is 22.3. The fraction of sp³-hybridized carbons (Fsp3) is 0.417. The molecule has 3 rings (SSSR count). The van der Waals surface area contributed by atoms with Crippen LogP contribution in [-0.2, 0) is 16.0 Å². The maximum Gasteiger partial charge on any atom is 0.247 e. The Morgan fingerprint density at radius 2 is 1.81 bits per heavy atom. The van der Waals surface area contributed by atoms with Gasteiger partial charge in [-0.2, -0.15) is 0 Å². The van der Waals surface area contributed by atoms with Gasteiger partial charge in [0.05, 0.1) is 6.04 Å². The molecule has 2 amide bonds. The number of carbonyl (C=O) groups is 2. The second-order valence-electron chi connectivity index (χ2n) is 8.87. The molecule has 4 N–H and O–H groups in total. The van der Waals surface area contributed by atoms with Crippen molar-refractivity contribution in [2.45, 2.75) is 62.6 Å². The van der Waals surface area contributed by atoms with Gasteiger partial charge in [-0.15, -0.1) is 0 Å². The number of hydrogen-bond donors (Lipinski definition) is 4. The van der Waals surface area contributed by atoms with E-state index in [4.69, 9.17) is 0 Å². The first-order valence-corrected chi connectivity index (χ1v) is 11.5. The zero-order valence-electron chi connectivity index (χ0n) is 18.4. The van der Waals surface area contributed by atoms with Crippen LogP contribution >= 0.6 is 11.9 Å². The summed E-state index contributed by atoms with van der Waals surface area (Å²) in [7, 11) is 0. The average Bonchev–Trinajstić information content (AvgIpc) is 3.28. The molecule has 1 aliphatic heterocycles. The van der Waals surface area contributed by atoms with Crippen LogP contribution in [0.2, 0.25) is 0 Å². The van der Waals surface area contributed by atoms with Gasteiger partial charge in [0, 0.05) is 22.5 Å². The SMILES string of the molecule is CC(C)(C)NSc1ccc(NC(=O)[C@H](Cc2ccccc2)NC(=O)[C@@H]2CCCN2)cc1. The van der Waals surface area contributed by atoms with Gasteiger partial charge in [-0.05, 0) is 81.9 Å². The third-order valence-electron chi connectivity index (χ3n) is 4.89. The van der Waals surface area contributed by atoms with Crippen LogP contribution in [-0.4, -0.2) is 36.0 Å². The Bertz CT molecular complexity index is 859. The fourth-order valence-corrected chi connectivity index (χ4v) is 3.98. The molecule has 1 heterocycles. The molecular weight excluding hydrogens is 408 g/mol. The fourth-order valence-electron chi connectivity index (χ4n) is 3.29. The second-order valence-corrected chi connectivity index (χ2v) is 9.75. The van der Waals surface area contributed by atoms with Gasteiger partial charge in [0.15, 0.2) is 0 Å². The van der Waals surface area contributed by atoms with Crippen LogP contribution in [0.5, 0.6) is 0 Å². The topological polar surface area (TPSA) is 82.3 Å². The molecular formula is C24H32N4O2S. The van der Waals surface area contributed by atoms with Gasteiger partial charge in [-0.1, -0.05) is 30.3 Å². The third-order valence-corrected chi connectivity index (χ3v) is 6.11. The van der Waals surface area contributed by atoms with Crippen molar-refractivity contribution in [1.29, 1.82) is 0 Å². The highest BCUT2D eigenvalue weighted by Gasteiger charge is 2.27. The first-order valence-electron chi connectivity index (χ1n) is 10.7. The Morgan fingerprint density at radius 1 is 1.10 bits per heavy atom. The lowest BCUT2D eigenvalue weighted by atomic mass is 10.0. The molecule has 0 aromatic heterocycles. The number of nitrogens with one attached hydrogen (secondary N) is 4. The molecule has 0 spiro atoms. The first kappa shape index (κ1) is 23.3. The largest absolute Gasteiger partial charge is 0.343 e. The molecule has 1 saturated heterocycles. The molecule has 2 aromatic rings. The van der Waals surface area contributed by atoms with Crippen molar-refractivity contribution in [2.75, 3.05) is 11.9 Å². The van der Waals surface area contributed by atoms with Gasteiger partial charge in [-0.3, -0.25) is 14.3 Å². The van der Waals surface area contributed by atoms with Gasteiger partial charge in [0.25, 0.3) is 0 Å². The molecule has 1 fully saturated rings. The summed E-state index contributed by atoms with van der Waals surface area (Å²) >= 11 is 1.56. The Morgan fingerprint density at radius 3 is 2.42 bits per heavy atom. The van der Waals surface area contributed by atoms with E-state index in [2.05, 4.69) is 41.4 Å². The molecule has 0 unspecified atom stereocenters. The van der Waals surface area contributed by atoms with Crippen LogP contribution in [0.1, 0.15) is 39.2 Å². The summed E-state index contributed by atoms with van der Waals surface area (Å²) in [5.41, 5.74) is 1.72. The van der Waals surface area contributed by atoms with Gasteiger partial charge in [0.2, 0.25) is 11.8 Å². The molecule has 7 heteroatoms. The van der Waals surface area contributed by atoms with E-state index in [0.29, 0.717) is 12.1 Å². The van der Waals surface area contributed by atoms with Crippen LogP contribution in [0.3, 0.4) is 0 Å². The molecule has 2 aromatic carbocycles. The van der Waals surface area contributed by atoms with E-state index in [-0.39, 0.29) is 23.4 Å². The molecule has 31 heavy (non-hydrogen) atoms. The number of amides is 2. The Labute approximate surface area is 189 Å². The van der Waals surface area contributed by atoms with Crippen LogP contribution in [0.15, 0.2) is 59.5 Å². The van der Waals surface area contributed by atoms with Crippen LogP contribution in [0, 0.1) is 0 Å². The average molecular weight is 441 g/mol. The number of carbonyl (C=O) groups excluding carboxylic acids is 2. The Kier molecular flexibility index (Phi) is 8.12. The van der Waals surface area contributed by atoms with Crippen molar-refractivity contribution in [1.82, 2.24) is 15.4 Å². The standard InChI is InChI=1S/C24H32N4O2S/c1-24(2,3)28-31-19-13-11-18(12-14-19)26-23(30)21(16-17-8-5-4-6-9-17)27-22(29)20-10-7-15-25-20/h4-6,8-9,11-14,20-21,25,28H,7,10,15-16H2,1-3H3,(H,26,30)(H,27,29)/t20-,21-/m0/s1. The summed E-state index contributed by atoms with van der Waals surface area (Å²) in [6.45, 7) is 7.16. The van der Waals surface area contributed by atoms with Gasteiger partial charge < -0.3 is 16.0 Å². The van der Waals surface area contributed by atoms with Crippen molar-refractivity contribution < 1.29 is 9.59 Å². The summed E-state index contributed by atoms with van der Waals surface area (Å²) in [5, 5.41) is 9.09. The van der Waals surface area contributed by atoms with Gasteiger partial charge in [-0.25, -0.2) is 0 Å². The summed E-state index contributed by atoms with van der Waals surface area (Å²) < 4.78 is 3.37. The summed E-state index contributed by atoms with van der Waals surface area (Å²) in [6, 6.07) is 16.6. The van der Waals surface area contributed by atoms with Gasteiger partial charge in [0.1, 0.15) is 6.04 Å². The quantitative estimate of drug-likeness (QED) is 0.473. The monoisotopic (exact) mass is 440 g/mol. The normalized spacial score (nSPS) is 17.2. The van der Waals surface area contributed by atoms with Crippen molar-refractivity contribution >= 4 is 29.4 Å². The molecule has 6 nitrogen and oxygen atoms in total. The minimum atomic E-state index is -0.645. The Balaban J connectivity index is 1.64. The highest BCUT2D eigenvalue weighted by molar-refractivity contribution is 7.97. The highest BCUT2D eigenvalue weighted by atomic mass is 32.2. The van der Waals surface area contributed by atoms with E-state index in [1.54, 1.807) is 11.9 Å². The predicted molar refractivity (Wildman–Crippen MR) is 127 cm³/mol. The number of rotatable bonds is 8. The molecule has 0 radical (unpaired) electrons. The lowest BCUT2D eigenvalue weighted by Crippen LogP contribution is -2.50. The summed E-state index contributed by atoms with van der Waals surface area (Å²) in [4.78, 5) is 26.7. The molecule has 2 atom stereocenters. The minimum Gasteiger partial charge on any atom is -0.343 e. The molecule has 0 saturated carbocycles. The van der Waals surface area contributed by atoms with Crippen LogP contribution in [0.4, 0.5) is 5.69 Å². The minimum absolute atomic E-state index is 0.00853. The lowest BCUT2D eigenvalue weighted by Gasteiger charge is -2.21. The van der Waals surface area contributed by atoms with Gasteiger partial charge >= 0.3 is 0 Å². The van der Waals surface area contributed by atoms with E-state index >= 15 is 0 Å². The van der Waals surface area contributed by atoms with E-state index < -0.39 is 6.04 Å². The molecule has 0 aliphatic carbocycles. The van der Waals surface area contributed by atoms with Crippen LogP contribution in [0.25, 0.3) is 0 Å². The number of anilines is 1. The second kappa shape index (κ2) is 10.8.